The highest BCUT2D eigenvalue weighted by atomic mass is 35.5. The van der Waals surface area contributed by atoms with Gasteiger partial charge in [-0.1, -0.05) is 11.6 Å². The molecule has 0 atom stereocenters. The van der Waals surface area contributed by atoms with E-state index in [1.807, 2.05) is 0 Å². The standard InChI is InChI=1S/C9H9ClN6O/c10-7-1-2-8(11-5-7)13-9(17)3-4-16-6-12-14-15-16/h1-2,5-6H,3-4H2,(H,11,13,17). The molecule has 0 unspecified atom stereocenters. The zero-order valence-corrected chi connectivity index (χ0v) is 9.50. The summed E-state index contributed by atoms with van der Waals surface area (Å²) in [5, 5.41) is 13.7. The molecule has 0 aliphatic rings. The van der Waals surface area contributed by atoms with Crippen LogP contribution in [0.1, 0.15) is 6.42 Å². The summed E-state index contributed by atoms with van der Waals surface area (Å²) < 4.78 is 1.48. The lowest BCUT2D eigenvalue weighted by molar-refractivity contribution is -0.116. The van der Waals surface area contributed by atoms with Crippen LogP contribution in [0.4, 0.5) is 5.82 Å². The number of hydrogen-bond donors (Lipinski definition) is 1. The van der Waals surface area contributed by atoms with Gasteiger partial charge in [-0.3, -0.25) is 4.79 Å². The molecule has 88 valence electrons. The Bertz CT molecular complexity index is 483. The number of carbonyl (C=O) groups excluding carboxylic acids is 1. The average molecular weight is 253 g/mol. The molecule has 2 rings (SSSR count). The summed E-state index contributed by atoms with van der Waals surface area (Å²) in [5.41, 5.74) is 0. The highest BCUT2D eigenvalue weighted by Gasteiger charge is 2.04. The molecule has 0 spiro atoms. The Morgan fingerprint density at radius 1 is 1.47 bits per heavy atom. The Balaban J connectivity index is 1.83. The SMILES string of the molecule is O=C(CCn1cnnn1)Nc1ccc(Cl)cn1. The lowest BCUT2D eigenvalue weighted by atomic mass is 10.4. The van der Waals surface area contributed by atoms with E-state index in [1.165, 1.54) is 17.2 Å². The van der Waals surface area contributed by atoms with Crippen LogP contribution in [0.25, 0.3) is 0 Å². The van der Waals surface area contributed by atoms with Crippen molar-refractivity contribution in [2.75, 3.05) is 5.32 Å². The molecular weight excluding hydrogens is 244 g/mol. The molecule has 0 saturated carbocycles. The highest BCUT2D eigenvalue weighted by Crippen LogP contribution is 2.09. The van der Waals surface area contributed by atoms with E-state index in [9.17, 15) is 4.79 Å². The van der Waals surface area contributed by atoms with Crippen molar-refractivity contribution in [3.05, 3.63) is 29.7 Å². The average Bonchev–Trinajstić information content (AvgIpc) is 2.83. The first-order valence-electron chi connectivity index (χ1n) is 4.86. The van der Waals surface area contributed by atoms with Crippen molar-refractivity contribution in [1.82, 2.24) is 25.2 Å². The smallest absolute Gasteiger partial charge is 0.227 e. The fourth-order valence-corrected chi connectivity index (χ4v) is 1.27. The van der Waals surface area contributed by atoms with Crippen LogP contribution in [0.2, 0.25) is 5.02 Å². The molecule has 0 fully saturated rings. The van der Waals surface area contributed by atoms with Gasteiger partial charge in [0.25, 0.3) is 0 Å². The largest absolute Gasteiger partial charge is 0.311 e. The summed E-state index contributed by atoms with van der Waals surface area (Å²) >= 11 is 5.68. The van der Waals surface area contributed by atoms with Crippen LogP contribution in [0.15, 0.2) is 24.7 Å². The molecule has 0 aliphatic carbocycles. The molecule has 8 heteroatoms. The van der Waals surface area contributed by atoms with Crippen LogP contribution < -0.4 is 5.32 Å². The van der Waals surface area contributed by atoms with Gasteiger partial charge in [-0.25, -0.2) is 9.67 Å². The Labute approximate surface area is 102 Å². The maximum atomic E-state index is 11.5. The van der Waals surface area contributed by atoms with Crippen molar-refractivity contribution in [3.8, 4) is 0 Å². The highest BCUT2D eigenvalue weighted by molar-refractivity contribution is 6.30. The first kappa shape index (κ1) is 11.5. The van der Waals surface area contributed by atoms with Crippen molar-refractivity contribution in [2.45, 2.75) is 13.0 Å². The number of nitrogens with zero attached hydrogens (tertiary/aromatic N) is 5. The molecule has 2 heterocycles. The summed E-state index contributed by atoms with van der Waals surface area (Å²) in [6.07, 6.45) is 3.20. The van der Waals surface area contributed by atoms with Gasteiger partial charge in [-0.2, -0.15) is 0 Å². The van der Waals surface area contributed by atoms with Gasteiger partial charge < -0.3 is 5.32 Å². The minimum Gasteiger partial charge on any atom is -0.311 e. The first-order valence-corrected chi connectivity index (χ1v) is 5.24. The van der Waals surface area contributed by atoms with E-state index in [-0.39, 0.29) is 12.3 Å². The lowest BCUT2D eigenvalue weighted by Gasteiger charge is -2.03. The molecule has 1 amide bonds. The van der Waals surface area contributed by atoms with Crippen molar-refractivity contribution < 1.29 is 4.79 Å². The van der Waals surface area contributed by atoms with Gasteiger partial charge in [-0.05, 0) is 22.6 Å². The van der Waals surface area contributed by atoms with Gasteiger partial charge in [0.2, 0.25) is 5.91 Å². The molecule has 1 N–H and O–H groups in total. The Morgan fingerprint density at radius 3 is 3.00 bits per heavy atom. The monoisotopic (exact) mass is 252 g/mol. The van der Waals surface area contributed by atoms with Crippen molar-refractivity contribution >= 4 is 23.3 Å². The van der Waals surface area contributed by atoms with Crippen LogP contribution in [0.5, 0.6) is 0 Å². The second kappa shape index (κ2) is 5.35. The number of tetrazole rings is 1. The molecule has 2 aromatic heterocycles. The van der Waals surface area contributed by atoms with Crippen LogP contribution in [0, 0.1) is 0 Å². The Kier molecular flexibility index (Phi) is 3.61. The number of pyridine rings is 1. The molecular formula is C9H9ClN6O. The van der Waals surface area contributed by atoms with Crippen molar-refractivity contribution in [1.29, 1.82) is 0 Å². The third-order valence-electron chi connectivity index (χ3n) is 1.95. The summed E-state index contributed by atoms with van der Waals surface area (Å²) in [6, 6.07) is 3.29. The van der Waals surface area contributed by atoms with Crippen molar-refractivity contribution in [2.24, 2.45) is 0 Å². The second-order valence-electron chi connectivity index (χ2n) is 3.23. The zero-order valence-electron chi connectivity index (χ0n) is 8.75. The van der Waals surface area contributed by atoms with E-state index in [4.69, 9.17) is 11.6 Å². The summed E-state index contributed by atoms with van der Waals surface area (Å²) in [6.45, 7) is 0.423. The topological polar surface area (TPSA) is 85.6 Å². The van der Waals surface area contributed by atoms with Gasteiger partial charge in [0.15, 0.2) is 0 Å². The molecule has 7 nitrogen and oxygen atoms in total. The number of rotatable bonds is 4. The number of amides is 1. The fourth-order valence-electron chi connectivity index (χ4n) is 1.15. The maximum Gasteiger partial charge on any atom is 0.227 e. The quantitative estimate of drug-likeness (QED) is 0.868. The number of hydrogen-bond acceptors (Lipinski definition) is 5. The third-order valence-corrected chi connectivity index (χ3v) is 2.18. The van der Waals surface area contributed by atoms with E-state index in [2.05, 4.69) is 25.8 Å². The van der Waals surface area contributed by atoms with E-state index in [1.54, 1.807) is 12.1 Å². The van der Waals surface area contributed by atoms with Gasteiger partial charge >= 0.3 is 0 Å². The lowest BCUT2D eigenvalue weighted by Crippen LogP contribution is -2.15. The predicted octanol–water partition coefficient (Wildman–Crippen LogP) is 0.750. The second-order valence-corrected chi connectivity index (χ2v) is 3.67. The minimum absolute atomic E-state index is 0.157. The van der Waals surface area contributed by atoms with Gasteiger partial charge in [0.1, 0.15) is 12.1 Å². The van der Waals surface area contributed by atoms with Crippen LogP contribution in [-0.2, 0) is 11.3 Å². The van der Waals surface area contributed by atoms with E-state index >= 15 is 0 Å². The summed E-state index contributed by atoms with van der Waals surface area (Å²) in [4.78, 5) is 15.5. The number of anilines is 1. The van der Waals surface area contributed by atoms with E-state index in [0.29, 0.717) is 17.4 Å². The van der Waals surface area contributed by atoms with Gasteiger partial charge in [-0.15, -0.1) is 5.10 Å². The number of aryl methyl sites for hydroxylation is 1. The molecule has 0 aromatic carbocycles. The molecule has 17 heavy (non-hydrogen) atoms. The molecule has 2 aromatic rings. The Hall–Kier alpha value is -2.02. The molecule has 0 saturated heterocycles. The zero-order chi connectivity index (χ0) is 12.1. The van der Waals surface area contributed by atoms with Crippen LogP contribution in [-0.4, -0.2) is 31.1 Å². The predicted molar refractivity (Wildman–Crippen MR) is 60.3 cm³/mol. The summed E-state index contributed by atoms with van der Waals surface area (Å²) in [7, 11) is 0. The third kappa shape index (κ3) is 3.49. The summed E-state index contributed by atoms with van der Waals surface area (Å²) in [5.74, 6) is 0.312. The first-order chi connectivity index (χ1) is 8.24. The minimum atomic E-state index is -0.157. The number of halogens is 1. The number of nitrogens with one attached hydrogen (secondary N) is 1. The van der Waals surface area contributed by atoms with E-state index < -0.39 is 0 Å². The maximum absolute atomic E-state index is 11.5. The van der Waals surface area contributed by atoms with Crippen LogP contribution in [0.3, 0.4) is 0 Å². The normalized spacial score (nSPS) is 10.2. The van der Waals surface area contributed by atoms with Gasteiger partial charge in [0.05, 0.1) is 11.6 Å². The van der Waals surface area contributed by atoms with Gasteiger partial charge in [0, 0.05) is 12.6 Å². The van der Waals surface area contributed by atoms with E-state index in [0.717, 1.165) is 0 Å². The molecule has 0 aliphatic heterocycles. The number of aromatic nitrogens is 5. The van der Waals surface area contributed by atoms with Crippen LogP contribution >= 0.6 is 11.6 Å². The fraction of sp³-hybridized carbons (Fsp3) is 0.222. The number of carbonyl (C=O) groups is 1. The van der Waals surface area contributed by atoms with Crippen molar-refractivity contribution in [3.63, 3.8) is 0 Å². The molecule has 0 radical (unpaired) electrons. The Morgan fingerprint density at radius 2 is 2.35 bits per heavy atom. The molecule has 0 bridgehead atoms.